The SMILES string of the molecule is Cc1nc(COc2ccccc2C(=O)Nc2cnc3c(c2)c(C)nn3C)no1. The first kappa shape index (κ1) is 17.7. The molecule has 0 atom stereocenters. The van der Waals surface area contributed by atoms with Crippen LogP contribution in [0.1, 0.15) is 27.8 Å². The minimum absolute atomic E-state index is 0.101. The van der Waals surface area contributed by atoms with Crippen molar-refractivity contribution in [2.45, 2.75) is 20.5 Å². The number of nitrogens with zero attached hydrogens (tertiary/aromatic N) is 5. The van der Waals surface area contributed by atoms with Gasteiger partial charge in [0.2, 0.25) is 11.7 Å². The van der Waals surface area contributed by atoms with Crippen LogP contribution < -0.4 is 10.1 Å². The van der Waals surface area contributed by atoms with E-state index in [9.17, 15) is 4.79 Å². The molecule has 0 fully saturated rings. The molecule has 142 valence electrons. The van der Waals surface area contributed by atoms with Crippen LogP contribution >= 0.6 is 0 Å². The van der Waals surface area contributed by atoms with E-state index in [2.05, 4.69) is 25.5 Å². The van der Waals surface area contributed by atoms with Gasteiger partial charge in [-0.1, -0.05) is 17.3 Å². The highest BCUT2D eigenvalue weighted by Gasteiger charge is 2.15. The molecule has 3 heterocycles. The van der Waals surface area contributed by atoms with Crippen LogP contribution in [-0.4, -0.2) is 30.8 Å². The number of carbonyl (C=O) groups is 1. The molecule has 9 heteroatoms. The van der Waals surface area contributed by atoms with Gasteiger partial charge in [0.15, 0.2) is 12.3 Å². The minimum atomic E-state index is -0.303. The zero-order valence-corrected chi connectivity index (χ0v) is 15.6. The zero-order valence-electron chi connectivity index (χ0n) is 15.6. The smallest absolute Gasteiger partial charge is 0.259 e. The van der Waals surface area contributed by atoms with Crippen LogP contribution in [0, 0.1) is 13.8 Å². The van der Waals surface area contributed by atoms with Crippen molar-refractivity contribution in [2.75, 3.05) is 5.32 Å². The van der Waals surface area contributed by atoms with E-state index >= 15 is 0 Å². The molecular weight excluding hydrogens is 360 g/mol. The summed E-state index contributed by atoms with van der Waals surface area (Å²) in [5.41, 5.74) is 2.58. The van der Waals surface area contributed by atoms with Crippen LogP contribution in [0.15, 0.2) is 41.1 Å². The molecule has 0 bridgehead atoms. The number of anilines is 1. The number of aromatic nitrogens is 5. The van der Waals surface area contributed by atoms with Crippen molar-refractivity contribution in [1.82, 2.24) is 24.9 Å². The average molecular weight is 378 g/mol. The summed E-state index contributed by atoms with van der Waals surface area (Å²) < 4.78 is 12.3. The standard InChI is InChI=1S/C19H18N6O3/c1-11-15-8-13(9-20-18(15)25(3)23-11)22-19(26)14-6-4-5-7-16(14)27-10-17-21-12(2)28-24-17/h4-9H,10H2,1-3H3,(H,22,26). The summed E-state index contributed by atoms with van der Waals surface area (Å²) >= 11 is 0. The average Bonchev–Trinajstić information content (AvgIpc) is 3.23. The zero-order chi connectivity index (χ0) is 19.7. The molecule has 4 aromatic rings. The number of benzene rings is 1. The molecule has 0 radical (unpaired) electrons. The molecule has 0 aliphatic heterocycles. The lowest BCUT2D eigenvalue weighted by Gasteiger charge is -2.10. The van der Waals surface area contributed by atoms with Gasteiger partial charge < -0.3 is 14.6 Å². The lowest BCUT2D eigenvalue weighted by molar-refractivity contribution is 0.102. The first-order chi connectivity index (χ1) is 13.5. The Morgan fingerprint density at radius 3 is 2.89 bits per heavy atom. The maximum Gasteiger partial charge on any atom is 0.259 e. The first-order valence-electron chi connectivity index (χ1n) is 8.63. The van der Waals surface area contributed by atoms with Gasteiger partial charge in [-0.3, -0.25) is 9.48 Å². The second-order valence-electron chi connectivity index (χ2n) is 6.27. The third-order valence-electron chi connectivity index (χ3n) is 4.18. The Hall–Kier alpha value is -3.75. The fourth-order valence-electron chi connectivity index (χ4n) is 2.90. The molecule has 0 saturated heterocycles. The third-order valence-corrected chi connectivity index (χ3v) is 4.18. The van der Waals surface area contributed by atoms with Gasteiger partial charge in [-0.2, -0.15) is 10.1 Å². The van der Waals surface area contributed by atoms with E-state index in [0.717, 1.165) is 16.7 Å². The molecule has 0 spiro atoms. The number of hydrogen-bond acceptors (Lipinski definition) is 7. The van der Waals surface area contributed by atoms with Gasteiger partial charge in [-0.25, -0.2) is 4.98 Å². The van der Waals surface area contributed by atoms with E-state index in [0.29, 0.717) is 28.7 Å². The van der Waals surface area contributed by atoms with Crippen molar-refractivity contribution in [3.8, 4) is 5.75 Å². The predicted molar refractivity (Wildman–Crippen MR) is 101 cm³/mol. The van der Waals surface area contributed by atoms with Crippen LogP contribution in [0.4, 0.5) is 5.69 Å². The third kappa shape index (κ3) is 3.41. The number of pyridine rings is 1. The molecule has 1 N–H and O–H groups in total. The molecular formula is C19H18N6O3. The largest absolute Gasteiger partial charge is 0.485 e. The summed E-state index contributed by atoms with van der Waals surface area (Å²) in [5, 5.41) is 11.9. The number of fused-ring (bicyclic) bond motifs is 1. The van der Waals surface area contributed by atoms with E-state index in [4.69, 9.17) is 9.26 Å². The Morgan fingerprint density at radius 1 is 1.29 bits per heavy atom. The van der Waals surface area contributed by atoms with Crippen molar-refractivity contribution < 1.29 is 14.1 Å². The van der Waals surface area contributed by atoms with Crippen molar-refractivity contribution in [2.24, 2.45) is 7.05 Å². The maximum atomic E-state index is 12.8. The van der Waals surface area contributed by atoms with E-state index in [-0.39, 0.29) is 12.5 Å². The predicted octanol–water partition coefficient (Wildman–Crippen LogP) is 2.80. The second-order valence-corrected chi connectivity index (χ2v) is 6.27. The van der Waals surface area contributed by atoms with Crippen molar-refractivity contribution in [3.63, 3.8) is 0 Å². The highest BCUT2D eigenvalue weighted by atomic mass is 16.5. The van der Waals surface area contributed by atoms with Gasteiger partial charge in [0, 0.05) is 19.4 Å². The number of nitrogens with one attached hydrogen (secondary N) is 1. The number of amides is 1. The normalized spacial score (nSPS) is 11.0. The second kappa shape index (κ2) is 7.10. The summed E-state index contributed by atoms with van der Waals surface area (Å²) in [6.07, 6.45) is 1.60. The molecule has 1 aromatic carbocycles. The van der Waals surface area contributed by atoms with Crippen LogP contribution in [0.5, 0.6) is 5.75 Å². The molecule has 0 aliphatic rings. The Balaban J connectivity index is 1.54. The van der Waals surface area contributed by atoms with Gasteiger partial charge in [-0.15, -0.1) is 0 Å². The molecule has 28 heavy (non-hydrogen) atoms. The topological polar surface area (TPSA) is 108 Å². The van der Waals surface area contributed by atoms with E-state index in [1.807, 2.05) is 20.0 Å². The number of para-hydroxylation sites is 1. The lowest BCUT2D eigenvalue weighted by Crippen LogP contribution is -2.14. The Bertz CT molecular complexity index is 1160. The van der Waals surface area contributed by atoms with Gasteiger partial charge >= 0.3 is 0 Å². The van der Waals surface area contributed by atoms with Crippen LogP contribution in [0.3, 0.4) is 0 Å². The number of carbonyl (C=O) groups excluding carboxylic acids is 1. The van der Waals surface area contributed by atoms with E-state index < -0.39 is 0 Å². The van der Waals surface area contributed by atoms with Crippen LogP contribution in [0.25, 0.3) is 11.0 Å². The minimum Gasteiger partial charge on any atom is -0.485 e. The fourth-order valence-corrected chi connectivity index (χ4v) is 2.90. The Morgan fingerprint density at radius 2 is 2.11 bits per heavy atom. The maximum absolute atomic E-state index is 12.8. The molecule has 4 rings (SSSR count). The monoisotopic (exact) mass is 378 g/mol. The summed E-state index contributed by atoms with van der Waals surface area (Å²) in [7, 11) is 1.83. The van der Waals surface area contributed by atoms with E-state index in [1.54, 1.807) is 42.1 Å². The van der Waals surface area contributed by atoms with Gasteiger partial charge in [-0.05, 0) is 25.1 Å². The fraction of sp³-hybridized carbons (Fsp3) is 0.211. The van der Waals surface area contributed by atoms with Gasteiger partial charge in [0.1, 0.15) is 5.75 Å². The summed E-state index contributed by atoms with van der Waals surface area (Å²) in [4.78, 5) is 21.3. The van der Waals surface area contributed by atoms with Gasteiger partial charge in [0.25, 0.3) is 5.91 Å². The number of aryl methyl sites for hydroxylation is 3. The van der Waals surface area contributed by atoms with Crippen LogP contribution in [-0.2, 0) is 13.7 Å². The molecule has 0 saturated carbocycles. The van der Waals surface area contributed by atoms with Gasteiger partial charge in [0.05, 0.1) is 23.1 Å². The Kier molecular flexibility index (Phi) is 4.48. The molecule has 0 unspecified atom stereocenters. The number of rotatable bonds is 5. The molecule has 1 amide bonds. The highest BCUT2D eigenvalue weighted by Crippen LogP contribution is 2.23. The highest BCUT2D eigenvalue weighted by molar-refractivity contribution is 6.06. The first-order valence-corrected chi connectivity index (χ1v) is 8.63. The summed E-state index contributed by atoms with van der Waals surface area (Å²) in [6, 6.07) is 8.82. The molecule has 3 aromatic heterocycles. The number of ether oxygens (including phenoxy) is 1. The van der Waals surface area contributed by atoms with Crippen molar-refractivity contribution in [1.29, 1.82) is 0 Å². The van der Waals surface area contributed by atoms with Crippen LogP contribution in [0.2, 0.25) is 0 Å². The van der Waals surface area contributed by atoms with E-state index in [1.165, 1.54) is 0 Å². The molecule has 9 nitrogen and oxygen atoms in total. The van der Waals surface area contributed by atoms with Crippen molar-refractivity contribution >= 4 is 22.6 Å². The number of hydrogen-bond donors (Lipinski definition) is 1. The Labute approximate surface area is 160 Å². The quantitative estimate of drug-likeness (QED) is 0.569. The van der Waals surface area contributed by atoms with Crippen molar-refractivity contribution in [3.05, 3.63) is 59.5 Å². The molecule has 0 aliphatic carbocycles. The summed E-state index contributed by atoms with van der Waals surface area (Å²) in [6.45, 7) is 3.70. The lowest BCUT2D eigenvalue weighted by atomic mass is 10.2. The summed E-state index contributed by atoms with van der Waals surface area (Å²) in [5.74, 6) is 0.990.